The van der Waals surface area contributed by atoms with Crippen molar-refractivity contribution >= 4 is 148 Å². The lowest BCUT2D eigenvalue weighted by Crippen LogP contribution is -2.44. The minimum atomic E-state index is -0.848. The Balaban J connectivity index is 0.000000139. The molecule has 141 heavy (non-hydrogen) atoms. The lowest BCUT2D eigenvalue weighted by atomic mass is 9.81. The average molecular weight is 2230 g/mol. The number of para-hydroxylation sites is 4. The molecule has 0 aliphatic carbocycles. The molecule has 4 atom stereocenters. The van der Waals surface area contributed by atoms with Gasteiger partial charge in [0.1, 0.15) is 40.1 Å². The minimum absolute atomic E-state index is 0.0187. The summed E-state index contributed by atoms with van der Waals surface area (Å²) in [6.45, 7) is 28.9. The lowest BCUT2D eigenvalue weighted by Gasteiger charge is -2.32. The number of halogens is 8. The highest BCUT2D eigenvalue weighted by molar-refractivity contribution is 14.1. The largest absolute Gasteiger partial charge is 0.498 e. The Bertz CT molecular complexity index is 6500. The summed E-state index contributed by atoms with van der Waals surface area (Å²) in [4.78, 5) is 103. The summed E-state index contributed by atoms with van der Waals surface area (Å²) < 4.78 is 92.1. The number of amides is 7. The Labute approximate surface area is 859 Å². The van der Waals surface area contributed by atoms with Gasteiger partial charge in [0.2, 0.25) is 23.6 Å². The fraction of sp³-hybridized carbons (Fsp3) is 0.396. The van der Waals surface area contributed by atoms with E-state index in [2.05, 4.69) is 96.3 Å². The highest BCUT2D eigenvalue weighted by Crippen LogP contribution is 2.52. The monoisotopic (exact) mass is 2230 g/mol. The van der Waals surface area contributed by atoms with Gasteiger partial charge in [-0.3, -0.25) is 33.2 Å². The molecule has 4 unspecified atom stereocenters. The fourth-order valence-corrected chi connectivity index (χ4v) is 20.1. The molecule has 4 spiro atoms. The summed E-state index contributed by atoms with van der Waals surface area (Å²) in [6, 6.07) is 50.9. The van der Waals surface area contributed by atoms with Crippen LogP contribution in [0.2, 0.25) is 0 Å². The number of alkyl halides is 2. The van der Waals surface area contributed by atoms with Crippen molar-refractivity contribution in [2.75, 3.05) is 77.3 Å². The number of benzene rings is 8. The number of nitrogens with zero attached hydrogens (tertiary/aromatic N) is 12. The summed E-state index contributed by atoms with van der Waals surface area (Å²) >= 11 is 11.8. The average Bonchev–Trinajstić information content (AvgIpc) is 1.22. The SMILES string of the molecule is CC(C)(C)OC(=O)N1CCC2(C1)C(=O)N(Cc1ccc(Br)cc1F)c1ccccc12.CC(C)(C)OC(=O)N1CCC2(C1)C(=O)Nc1ccccc12.CI.Cn1cc(-c2ccc(CN3C(=O)C4(CCN(C(=O)OC(C)(C)C)C4)c4ccccc43)c(F)c2)cn1.Cn1cc(-c2ccc(CN3C(=O)C4(CCNC4)c4ccccc43)c(F)c2)cn1.Cn1cc(B2OC(C)(C)C(C)(C)O2)cn1.Fc1cc(Br)ccc1CBr. The molecule has 9 aliphatic rings. The van der Waals surface area contributed by atoms with Gasteiger partial charge < -0.3 is 63.6 Å². The van der Waals surface area contributed by atoms with Crippen LogP contribution >= 0.6 is 70.4 Å². The van der Waals surface area contributed by atoms with Gasteiger partial charge in [-0.25, -0.2) is 31.9 Å². The van der Waals surface area contributed by atoms with E-state index in [4.69, 9.17) is 23.5 Å². The third kappa shape index (κ3) is 22.8. The number of fused-ring (bicyclic) bond motifs is 8. The number of ether oxygens (including phenoxy) is 3. The molecule has 8 aromatic carbocycles. The summed E-state index contributed by atoms with van der Waals surface area (Å²) in [5, 5.41) is 19.2. The second-order valence-electron chi connectivity index (χ2n) is 40.5. The van der Waals surface area contributed by atoms with E-state index in [9.17, 15) is 46.7 Å². The first-order valence-corrected chi connectivity index (χ1v) is 51.5. The first-order valence-electron chi connectivity index (χ1n) is 46.6. The van der Waals surface area contributed by atoms with Crippen molar-refractivity contribution < 1.29 is 74.6 Å². The number of anilines is 4. The maximum Gasteiger partial charge on any atom is 0.498 e. The molecular weight excluding hydrogens is 2110 g/mol. The smallest absolute Gasteiger partial charge is 0.444 e. The Morgan fingerprint density at radius 2 is 0.787 bits per heavy atom. The molecule has 2 N–H and O–H groups in total. The van der Waals surface area contributed by atoms with E-state index in [0.717, 1.165) is 90.2 Å². The number of carbonyl (C=O) groups is 7. The van der Waals surface area contributed by atoms with Crippen LogP contribution in [0.15, 0.2) is 216 Å². The summed E-state index contributed by atoms with van der Waals surface area (Å²) in [6.07, 6.45) is 12.0. The van der Waals surface area contributed by atoms with Crippen LogP contribution in [0.1, 0.15) is 160 Å². The zero-order chi connectivity index (χ0) is 102. The Hall–Kier alpha value is -11.1. The lowest BCUT2D eigenvalue weighted by molar-refractivity contribution is -0.123. The third-order valence-corrected chi connectivity index (χ3v) is 28.3. The van der Waals surface area contributed by atoms with Crippen molar-refractivity contribution in [1.29, 1.82) is 0 Å². The van der Waals surface area contributed by atoms with Crippen LogP contribution in [0.3, 0.4) is 0 Å². The summed E-state index contributed by atoms with van der Waals surface area (Å²) in [5.41, 5.74) is 8.23. The van der Waals surface area contributed by atoms with E-state index in [1.54, 1.807) is 92.4 Å². The van der Waals surface area contributed by atoms with Gasteiger partial charge in [-0.1, -0.05) is 180 Å². The number of carbonyl (C=O) groups excluding carboxylic acids is 7. The standard InChI is InChI=1S/C27H29FN4O3.C23H24BrFN2O3.C22H21FN4O.C16H20N2O3.C10H17BN2O2.C7H5Br2F.CH3I/c1-26(2,3)35-25(34)31-12-11-27(17-31)21-7-5-6-8-23(21)32(24(27)33)16-19-10-9-18(13-22(19)28)20-14-29-30(4)15-20;1-22(2,3)30-21(29)26-11-10-23(14-26)17-6-4-5-7-19(17)27(20(23)28)13-15-8-9-16(24)12-18(15)25;1-26-12-17(11-25-26)15-6-7-16(19(23)10-15)13-27-20-5-3-2-4-18(20)22(21(27)28)8-9-24-14-22;1-15(2,3)21-14(20)18-9-8-16(10-18)11-6-4-5-7-12(11)17-13(16)19;1-9(2)10(3,4)15-11(14-9)8-6-12-13(5)7-8;8-4-5-1-2-6(9)3-7(5)10;1-2/h5-10,13-15H,11-12,16-17H2,1-4H3;4-9,12H,10-11,13-14H2,1-3H3;2-7,10-12,24H,8-9,13-14H2,1H3;4-7H,8-10H2,1-3H3,(H,17,19);6-7H,1-5H3;1-3H,4H2;1H3. The number of likely N-dealkylation sites (tertiary alicyclic amines) is 3. The molecule has 0 radical (unpaired) electrons. The molecule has 744 valence electrons. The van der Waals surface area contributed by atoms with E-state index in [-0.39, 0.29) is 104 Å². The first-order chi connectivity index (χ1) is 66.6. The second-order valence-corrected chi connectivity index (χ2v) is 42.9. The quantitative estimate of drug-likeness (QED) is 0.0424. The van der Waals surface area contributed by atoms with E-state index >= 15 is 4.39 Å². The molecule has 12 heterocycles. The molecule has 0 bridgehead atoms. The molecule has 5 saturated heterocycles. The van der Waals surface area contributed by atoms with E-state index in [0.29, 0.717) is 84.0 Å². The van der Waals surface area contributed by atoms with Crippen LogP contribution in [-0.2, 0) is 110 Å². The minimum Gasteiger partial charge on any atom is -0.444 e. The van der Waals surface area contributed by atoms with Crippen LogP contribution in [0.4, 0.5) is 54.7 Å². The first kappa shape index (κ1) is 106. The van der Waals surface area contributed by atoms with Gasteiger partial charge in [0.05, 0.1) is 64.9 Å². The van der Waals surface area contributed by atoms with Crippen molar-refractivity contribution in [3.63, 3.8) is 0 Å². The van der Waals surface area contributed by atoms with E-state index in [1.165, 1.54) is 24.3 Å². The Morgan fingerprint density at radius 3 is 1.15 bits per heavy atom. The summed E-state index contributed by atoms with van der Waals surface area (Å²) in [5.74, 6) is -1.39. The molecule has 11 aromatic rings. The fourth-order valence-electron chi connectivity index (χ4n) is 19.0. The molecule has 26 nitrogen and oxygen atoms in total. The van der Waals surface area contributed by atoms with Gasteiger partial charge in [-0.15, -0.1) is 0 Å². The van der Waals surface area contributed by atoms with Crippen molar-refractivity contribution in [2.24, 2.45) is 21.1 Å². The van der Waals surface area contributed by atoms with Crippen molar-refractivity contribution in [3.05, 3.63) is 284 Å². The number of aromatic nitrogens is 6. The van der Waals surface area contributed by atoms with Gasteiger partial charge in [-0.2, -0.15) is 15.3 Å². The number of nitrogens with one attached hydrogen (secondary N) is 2. The molecule has 20 rings (SSSR count). The number of hydrogen-bond acceptors (Lipinski definition) is 16. The van der Waals surface area contributed by atoms with Crippen molar-refractivity contribution in [1.82, 2.24) is 49.4 Å². The van der Waals surface area contributed by atoms with Gasteiger partial charge in [0.15, 0.2) is 0 Å². The van der Waals surface area contributed by atoms with E-state index in [1.807, 2.05) is 250 Å². The van der Waals surface area contributed by atoms with Crippen LogP contribution in [0.5, 0.6) is 0 Å². The summed E-state index contributed by atoms with van der Waals surface area (Å²) in [7, 11) is 5.23. The van der Waals surface area contributed by atoms with Crippen LogP contribution < -0.4 is 30.8 Å². The molecule has 5 fully saturated rings. The maximum absolute atomic E-state index is 15.2. The van der Waals surface area contributed by atoms with Gasteiger partial charge in [-0.05, 0) is 227 Å². The van der Waals surface area contributed by atoms with Gasteiger partial charge >= 0.3 is 25.4 Å². The topological polar surface area (TPSA) is 263 Å². The van der Waals surface area contributed by atoms with Gasteiger partial charge in [0.25, 0.3) is 0 Å². The van der Waals surface area contributed by atoms with Crippen LogP contribution in [0, 0.1) is 23.3 Å². The third-order valence-electron chi connectivity index (χ3n) is 26.7. The Morgan fingerprint density at radius 1 is 0.440 bits per heavy atom. The predicted octanol–water partition coefficient (Wildman–Crippen LogP) is 20.4. The number of hydrogen-bond donors (Lipinski definition) is 2. The molecule has 35 heteroatoms. The van der Waals surface area contributed by atoms with Gasteiger partial charge in [0, 0.05) is 162 Å². The number of rotatable bonds is 10. The van der Waals surface area contributed by atoms with Crippen molar-refractivity contribution in [2.45, 2.75) is 190 Å². The molecule has 9 aliphatic heterocycles. The zero-order valence-corrected chi connectivity index (χ0v) is 89.2. The predicted molar refractivity (Wildman–Crippen MR) is 556 cm³/mol. The maximum atomic E-state index is 15.2. The van der Waals surface area contributed by atoms with Crippen molar-refractivity contribution in [3.8, 4) is 22.3 Å². The Kier molecular flexibility index (Phi) is 31.8. The molecule has 7 amide bonds. The van der Waals surface area contributed by atoms with Crippen LogP contribution in [-0.4, -0.2) is 178 Å². The highest BCUT2D eigenvalue weighted by atomic mass is 127. The van der Waals surface area contributed by atoms with E-state index < -0.39 is 50.6 Å². The highest BCUT2D eigenvalue weighted by Gasteiger charge is 2.59. The molecular formula is C106H119BBr3F4IN14O12. The zero-order valence-electron chi connectivity index (χ0n) is 82.3. The number of aryl methyl sites for hydroxylation is 3. The molecule has 3 aromatic heterocycles. The second kappa shape index (κ2) is 42.4. The normalized spacial score (nSPS) is 20.2. The molecule has 0 saturated carbocycles. The van der Waals surface area contributed by atoms with Crippen LogP contribution in [0.25, 0.3) is 22.3 Å².